The molecule has 0 saturated carbocycles. The number of rotatable bonds is 9. The van der Waals surface area contributed by atoms with Crippen molar-refractivity contribution >= 4 is 15.9 Å². The third kappa shape index (κ3) is 5.98. The van der Waals surface area contributed by atoms with Crippen molar-refractivity contribution < 1.29 is 4.74 Å². The number of hydrogen-bond acceptors (Lipinski definition) is 2. The van der Waals surface area contributed by atoms with Crippen molar-refractivity contribution in [1.29, 1.82) is 0 Å². The number of unbranched alkanes of at least 4 members (excludes halogenated alkanes) is 2. The Balaban J connectivity index is 2.54. The molecule has 1 aromatic carbocycles. The van der Waals surface area contributed by atoms with Gasteiger partial charge in [0.2, 0.25) is 0 Å². The molecule has 0 aliphatic heterocycles. The Labute approximate surface area is 119 Å². The molecule has 0 bridgehead atoms. The SMILES string of the molecule is CCCCCOC(CNCC)c1cccc(Br)c1. The van der Waals surface area contributed by atoms with Crippen molar-refractivity contribution in [2.45, 2.75) is 39.2 Å². The zero-order valence-corrected chi connectivity index (χ0v) is 13.0. The molecule has 0 aromatic heterocycles. The van der Waals surface area contributed by atoms with E-state index in [1.807, 2.05) is 6.07 Å². The predicted molar refractivity (Wildman–Crippen MR) is 80.9 cm³/mol. The average molecular weight is 314 g/mol. The standard InChI is InChI=1S/C15H24BrNO/c1-3-5-6-10-18-15(12-17-4-2)13-8-7-9-14(16)11-13/h7-9,11,15,17H,3-6,10,12H2,1-2H3. The zero-order valence-electron chi connectivity index (χ0n) is 11.4. The first-order valence-electron chi connectivity index (χ1n) is 6.85. The van der Waals surface area contributed by atoms with Crippen LogP contribution >= 0.6 is 15.9 Å². The van der Waals surface area contributed by atoms with E-state index >= 15 is 0 Å². The van der Waals surface area contributed by atoms with Crippen LogP contribution in [-0.4, -0.2) is 19.7 Å². The largest absolute Gasteiger partial charge is 0.372 e. The van der Waals surface area contributed by atoms with Crippen LogP contribution in [0, 0.1) is 0 Å². The van der Waals surface area contributed by atoms with Crippen LogP contribution in [0.25, 0.3) is 0 Å². The summed E-state index contributed by atoms with van der Waals surface area (Å²) in [4.78, 5) is 0. The second kappa shape index (κ2) is 9.54. The Morgan fingerprint density at radius 2 is 2.11 bits per heavy atom. The molecule has 1 N–H and O–H groups in total. The maximum Gasteiger partial charge on any atom is 0.0949 e. The van der Waals surface area contributed by atoms with Crippen LogP contribution in [0.15, 0.2) is 28.7 Å². The van der Waals surface area contributed by atoms with Gasteiger partial charge in [-0.1, -0.05) is 54.8 Å². The molecule has 1 aromatic rings. The van der Waals surface area contributed by atoms with Crippen LogP contribution < -0.4 is 5.32 Å². The molecule has 0 saturated heterocycles. The van der Waals surface area contributed by atoms with Crippen LogP contribution in [-0.2, 0) is 4.74 Å². The lowest BCUT2D eigenvalue weighted by Gasteiger charge is -2.19. The van der Waals surface area contributed by atoms with Crippen molar-refractivity contribution in [2.75, 3.05) is 19.7 Å². The van der Waals surface area contributed by atoms with E-state index < -0.39 is 0 Å². The van der Waals surface area contributed by atoms with Crippen LogP contribution in [0.3, 0.4) is 0 Å². The highest BCUT2D eigenvalue weighted by Gasteiger charge is 2.11. The Morgan fingerprint density at radius 1 is 1.28 bits per heavy atom. The fraction of sp³-hybridized carbons (Fsp3) is 0.600. The Bertz CT molecular complexity index is 330. The molecule has 0 radical (unpaired) electrons. The molecule has 0 aliphatic carbocycles. The van der Waals surface area contributed by atoms with Gasteiger partial charge in [0.1, 0.15) is 0 Å². The number of hydrogen-bond donors (Lipinski definition) is 1. The molecule has 1 rings (SSSR count). The van der Waals surface area contributed by atoms with E-state index in [0.717, 1.165) is 30.6 Å². The van der Waals surface area contributed by atoms with Gasteiger partial charge in [-0.05, 0) is 30.7 Å². The zero-order chi connectivity index (χ0) is 13.2. The van der Waals surface area contributed by atoms with Gasteiger partial charge in [-0.3, -0.25) is 0 Å². The summed E-state index contributed by atoms with van der Waals surface area (Å²) in [6.07, 6.45) is 3.77. The number of halogens is 1. The highest BCUT2D eigenvalue weighted by atomic mass is 79.9. The van der Waals surface area contributed by atoms with E-state index in [-0.39, 0.29) is 6.10 Å². The molecule has 1 atom stereocenters. The van der Waals surface area contributed by atoms with Crippen molar-refractivity contribution in [1.82, 2.24) is 5.32 Å². The van der Waals surface area contributed by atoms with E-state index in [9.17, 15) is 0 Å². The second-order valence-corrected chi connectivity index (χ2v) is 5.34. The monoisotopic (exact) mass is 313 g/mol. The maximum atomic E-state index is 6.00. The molecule has 0 spiro atoms. The molecule has 2 nitrogen and oxygen atoms in total. The van der Waals surface area contributed by atoms with Crippen LogP contribution in [0.4, 0.5) is 0 Å². The van der Waals surface area contributed by atoms with Crippen LogP contribution in [0.2, 0.25) is 0 Å². The molecule has 3 heteroatoms. The molecule has 0 fully saturated rings. The summed E-state index contributed by atoms with van der Waals surface area (Å²) < 4.78 is 7.11. The second-order valence-electron chi connectivity index (χ2n) is 4.43. The number of likely N-dealkylation sites (N-methyl/N-ethyl adjacent to an activating group) is 1. The lowest BCUT2D eigenvalue weighted by molar-refractivity contribution is 0.0503. The lowest BCUT2D eigenvalue weighted by Crippen LogP contribution is -2.23. The summed E-state index contributed by atoms with van der Waals surface area (Å²) in [6.45, 7) is 7.03. The molecule has 0 heterocycles. The van der Waals surface area contributed by atoms with E-state index in [1.54, 1.807) is 0 Å². The highest BCUT2D eigenvalue weighted by molar-refractivity contribution is 9.10. The lowest BCUT2D eigenvalue weighted by atomic mass is 10.1. The fourth-order valence-electron chi connectivity index (χ4n) is 1.83. The van der Waals surface area contributed by atoms with Gasteiger partial charge in [-0.25, -0.2) is 0 Å². The van der Waals surface area contributed by atoms with Gasteiger partial charge >= 0.3 is 0 Å². The third-order valence-electron chi connectivity index (χ3n) is 2.87. The predicted octanol–water partition coefficient (Wildman–Crippen LogP) is 4.31. The smallest absolute Gasteiger partial charge is 0.0949 e. The fourth-order valence-corrected chi connectivity index (χ4v) is 2.25. The van der Waals surface area contributed by atoms with Gasteiger partial charge in [0.15, 0.2) is 0 Å². The first-order valence-corrected chi connectivity index (χ1v) is 7.65. The minimum Gasteiger partial charge on any atom is -0.372 e. The van der Waals surface area contributed by atoms with Gasteiger partial charge in [-0.15, -0.1) is 0 Å². The summed E-state index contributed by atoms with van der Waals surface area (Å²) in [5, 5.41) is 3.37. The molecule has 1 unspecified atom stereocenters. The van der Waals surface area contributed by atoms with Crippen molar-refractivity contribution in [3.8, 4) is 0 Å². The number of ether oxygens (including phenoxy) is 1. The van der Waals surface area contributed by atoms with Gasteiger partial charge in [-0.2, -0.15) is 0 Å². The topological polar surface area (TPSA) is 21.3 Å². The summed E-state index contributed by atoms with van der Waals surface area (Å²) in [6, 6.07) is 8.38. The first kappa shape index (κ1) is 15.7. The summed E-state index contributed by atoms with van der Waals surface area (Å²) in [5.41, 5.74) is 1.24. The maximum absolute atomic E-state index is 6.00. The normalized spacial score (nSPS) is 12.6. The van der Waals surface area contributed by atoms with Gasteiger partial charge < -0.3 is 10.1 Å². The molecular formula is C15H24BrNO. The Hall–Kier alpha value is -0.380. The van der Waals surface area contributed by atoms with Crippen molar-refractivity contribution in [3.63, 3.8) is 0 Å². The van der Waals surface area contributed by atoms with E-state index in [4.69, 9.17) is 4.74 Å². The van der Waals surface area contributed by atoms with Crippen LogP contribution in [0.5, 0.6) is 0 Å². The molecule has 0 amide bonds. The summed E-state index contributed by atoms with van der Waals surface area (Å²) in [7, 11) is 0. The van der Waals surface area contributed by atoms with Gasteiger partial charge in [0.05, 0.1) is 6.10 Å². The summed E-state index contributed by atoms with van der Waals surface area (Å²) >= 11 is 3.52. The summed E-state index contributed by atoms with van der Waals surface area (Å²) in [5.74, 6) is 0. The molecule has 18 heavy (non-hydrogen) atoms. The Morgan fingerprint density at radius 3 is 2.78 bits per heavy atom. The highest BCUT2D eigenvalue weighted by Crippen LogP contribution is 2.21. The van der Waals surface area contributed by atoms with Crippen LogP contribution in [0.1, 0.15) is 44.8 Å². The van der Waals surface area contributed by atoms with Gasteiger partial charge in [0, 0.05) is 17.6 Å². The molecular weight excluding hydrogens is 290 g/mol. The van der Waals surface area contributed by atoms with E-state index in [0.29, 0.717) is 0 Å². The first-order chi connectivity index (χ1) is 8.77. The Kier molecular flexibility index (Phi) is 8.31. The third-order valence-corrected chi connectivity index (χ3v) is 3.36. The number of benzene rings is 1. The van der Waals surface area contributed by atoms with Crippen molar-refractivity contribution in [3.05, 3.63) is 34.3 Å². The minimum absolute atomic E-state index is 0.152. The number of nitrogens with one attached hydrogen (secondary N) is 1. The van der Waals surface area contributed by atoms with Crippen molar-refractivity contribution in [2.24, 2.45) is 0 Å². The van der Waals surface area contributed by atoms with E-state index in [2.05, 4.69) is 53.3 Å². The average Bonchev–Trinajstić information content (AvgIpc) is 2.38. The molecule has 102 valence electrons. The van der Waals surface area contributed by atoms with Gasteiger partial charge in [0.25, 0.3) is 0 Å². The molecule has 0 aliphatic rings. The minimum atomic E-state index is 0.152. The van der Waals surface area contributed by atoms with E-state index in [1.165, 1.54) is 18.4 Å². The quantitative estimate of drug-likeness (QED) is 0.686.